The molecule has 0 spiro atoms. The molecule has 7 nitrogen and oxygen atoms in total. The first-order chi connectivity index (χ1) is 15.7. The van der Waals surface area contributed by atoms with Gasteiger partial charge in [0.2, 0.25) is 5.91 Å². The Morgan fingerprint density at radius 3 is 2.41 bits per heavy atom. The standard InChI is InChI=1S/C24H29N5O2S/c30-23(25-19-5-7-20(8-6-19)29-13-15-31-16-14-29)17-27-9-11-28(12-10-27)18-24-26-21-3-1-2-4-22(21)32-24/h1-8H,9-18H2,(H,25,30). The minimum atomic E-state index is 0.0451. The van der Waals surface area contributed by atoms with Gasteiger partial charge in [0.15, 0.2) is 0 Å². The molecule has 2 aliphatic rings. The fraction of sp³-hybridized carbons (Fsp3) is 0.417. The SMILES string of the molecule is O=C(CN1CCN(Cc2nc3ccccc3s2)CC1)Nc1ccc(N2CCOCC2)cc1. The van der Waals surface area contributed by atoms with E-state index in [0.717, 1.165) is 75.2 Å². The summed E-state index contributed by atoms with van der Waals surface area (Å²) in [4.78, 5) is 24.2. The normalized spacial score (nSPS) is 18.2. The maximum absolute atomic E-state index is 12.5. The summed E-state index contributed by atoms with van der Waals surface area (Å²) in [6, 6.07) is 16.4. The fourth-order valence-electron chi connectivity index (χ4n) is 4.27. The van der Waals surface area contributed by atoms with Crippen molar-refractivity contribution in [2.24, 2.45) is 0 Å². The summed E-state index contributed by atoms with van der Waals surface area (Å²) in [5.41, 5.74) is 3.11. The van der Waals surface area contributed by atoms with Crippen LogP contribution in [0, 0.1) is 0 Å². The molecule has 2 saturated heterocycles. The number of hydrogen-bond acceptors (Lipinski definition) is 7. The van der Waals surface area contributed by atoms with Crippen molar-refractivity contribution in [1.82, 2.24) is 14.8 Å². The Morgan fingerprint density at radius 1 is 0.938 bits per heavy atom. The lowest BCUT2D eigenvalue weighted by molar-refractivity contribution is -0.117. The Morgan fingerprint density at radius 2 is 1.66 bits per heavy atom. The van der Waals surface area contributed by atoms with E-state index in [1.54, 1.807) is 11.3 Å². The molecule has 0 bridgehead atoms. The van der Waals surface area contributed by atoms with Crippen LogP contribution in [0.25, 0.3) is 10.2 Å². The van der Waals surface area contributed by atoms with Crippen LogP contribution in [-0.4, -0.2) is 79.7 Å². The monoisotopic (exact) mass is 451 g/mol. The summed E-state index contributed by atoms with van der Waals surface area (Å²) in [6.45, 7) is 8.39. The van der Waals surface area contributed by atoms with Gasteiger partial charge in [-0.3, -0.25) is 14.6 Å². The van der Waals surface area contributed by atoms with Crippen molar-refractivity contribution in [2.45, 2.75) is 6.54 Å². The van der Waals surface area contributed by atoms with Crippen LogP contribution in [0.15, 0.2) is 48.5 Å². The highest BCUT2D eigenvalue weighted by Gasteiger charge is 2.20. The van der Waals surface area contributed by atoms with Crippen LogP contribution in [-0.2, 0) is 16.1 Å². The highest BCUT2D eigenvalue weighted by atomic mass is 32.1. The Hall–Kier alpha value is -2.52. The third-order valence-electron chi connectivity index (χ3n) is 6.06. The molecule has 0 radical (unpaired) electrons. The Bertz CT molecular complexity index is 1010. The second-order valence-corrected chi connectivity index (χ2v) is 9.44. The number of nitrogens with one attached hydrogen (secondary N) is 1. The fourth-order valence-corrected chi connectivity index (χ4v) is 5.27. The molecule has 0 aliphatic carbocycles. The van der Waals surface area contributed by atoms with E-state index >= 15 is 0 Å². The molecule has 0 atom stereocenters. The van der Waals surface area contributed by atoms with E-state index in [4.69, 9.17) is 9.72 Å². The number of thiazole rings is 1. The molecule has 1 N–H and O–H groups in total. The first kappa shape index (κ1) is 21.3. The number of piperazine rings is 1. The molecule has 1 aromatic heterocycles. The van der Waals surface area contributed by atoms with Crippen molar-refractivity contribution in [3.05, 3.63) is 53.5 Å². The van der Waals surface area contributed by atoms with Crippen molar-refractivity contribution in [2.75, 3.05) is 69.2 Å². The van der Waals surface area contributed by atoms with Crippen LogP contribution < -0.4 is 10.2 Å². The molecule has 0 unspecified atom stereocenters. The largest absolute Gasteiger partial charge is 0.378 e. The first-order valence-corrected chi connectivity index (χ1v) is 12.1. The topological polar surface area (TPSA) is 60.9 Å². The number of carbonyl (C=O) groups is 1. The number of para-hydroxylation sites is 1. The van der Waals surface area contributed by atoms with E-state index in [-0.39, 0.29) is 5.91 Å². The molecule has 1 amide bonds. The molecule has 5 rings (SSSR count). The van der Waals surface area contributed by atoms with Gasteiger partial charge < -0.3 is 15.0 Å². The van der Waals surface area contributed by atoms with Crippen LogP contribution in [0.5, 0.6) is 0 Å². The molecule has 32 heavy (non-hydrogen) atoms. The van der Waals surface area contributed by atoms with Crippen LogP contribution in [0.4, 0.5) is 11.4 Å². The Kier molecular flexibility index (Phi) is 6.64. The number of morpholine rings is 1. The molecule has 3 heterocycles. The lowest BCUT2D eigenvalue weighted by Crippen LogP contribution is -2.48. The number of hydrogen-bond donors (Lipinski definition) is 1. The van der Waals surface area contributed by atoms with Gasteiger partial charge in [-0.05, 0) is 36.4 Å². The molecule has 8 heteroatoms. The second kappa shape index (κ2) is 9.95. The molecule has 0 saturated carbocycles. The minimum Gasteiger partial charge on any atom is -0.378 e. The van der Waals surface area contributed by atoms with Crippen molar-refractivity contribution >= 4 is 38.8 Å². The number of rotatable bonds is 6. The van der Waals surface area contributed by atoms with Crippen LogP contribution in [0.3, 0.4) is 0 Å². The van der Waals surface area contributed by atoms with Gasteiger partial charge in [-0.2, -0.15) is 0 Å². The summed E-state index contributed by atoms with van der Waals surface area (Å²) in [6.07, 6.45) is 0. The number of aromatic nitrogens is 1. The number of amides is 1. The Labute approximate surface area is 192 Å². The van der Waals surface area contributed by atoms with Gasteiger partial charge in [0, 0.05) is 50.6 Å². The molecular formula is C24H29N5O2S. The average Bonchev–Trinajstić information content (AvgIpc) is 3.24. The number of nitrogens with zero attached hydrogens (tertiary/aromatic N) is 4. The van der Waals surface area contributed by atoms with Crippen molar-refractivity contribution in [3.8, 4) is 0 Å². The molecular weight excluding hydrogens is 422 g/mol. The van der Waals surface area contributed by atoms with Crippen molar-refractivity contribution in [3.63, 3.8) is 0 Å². The van der Waals surface area contributed by atoms with Crippen molar-refractivity contribution < 1.29 is 9.53 Å². The lowest BCUT2D eigenvalue weighted by Gasteiger charge is -2.33. The summed E-state index contributed by atoms with van der Waals surface area (Å²) < 4.78 is 6.66. The first-order valence-electron chi connectivity index (χ1n) is 11.2. The maximum Gasteiger partial charge on any atom is 0.238 e. The van der Waals surface area contributed by atoms with Gasteiger partial charge in [-0.15, -0.1) is 11.3 Å². The van der Waals surface area contributed by atoms with Crippen LogP contribution in [0.1, 0.15) is 5.01 Å². The predicted molar refractivity (Wildman–Crippen MR) is 129 cm³/mol. The number of fused-ring (bicyclic) bond motifs is 1. The second-order valence-electron chi connectivity index (χ2n) is 8.32. The Balaban J connectivity index is 1.07. The van der Waals surface area contributed by atoms with Gasteiger partial charge in [0.1, 0.15) is 5.01 Å². The van der Waals surface area contributed by atoms with E-state index < -0.39 is 0 Å². The summed E-state index contributed by atoms with van der Waals surface area (Å²) in [7, 11) is 0. The zero-order valence-electron chi connectivity index (χ0n) is 18.2. The number of benzene rings is 2. The van der Waals surface area contributed by atoms with E-state index in [1.807, 2.05) is 18.2 Å². The zero-order chi connectivity index (χ0) is 21.8. The zero-order valence-corrected chi connectivity index (χ0v) is 19.0. The third-order valence-corrected chi connectivity index (χ3v) is 7.08. The van der Waals surface area contributed by atoms with E-state index in [9.17, 15) is 4.79 Å². The molecule has 3 aromatic rings. The van der Waals surface area contributed by atoms with Gasteiger partial charge >= 0.3 is 0 Å². The number of carbonyl (C=O) groups excluding carboxylic acids is 1. The molecule has 168 valence electrons. The average molecular weight is 452 g/mol. The van der Waals surface area contributed by atoms with Gasteiger partial charge in [-0.1, -0.05) is 12.1 Å². The van der Waals surface area contributed by atoms with Gasteiger partial charge in [-0.25, -0.2) is 4.98 Å². The smallest absolute Gasteiger partial charge is 0.238 e. The van der Waals surface area contributed by atoms with E-state index in [1.165, 1.54) is 10.4 Å². The summed E-state index contributed by atoms with van der Waals surface area (Å²) >= 11 is 1.77. The predicted octanol–water partition coefficient (Wildman–Crippen LogP) is 2.89. The van der Waals surface area contributed by atoms with E-state index in [2.05, 4.69) is 50.3 Å². The molecule has 2 aromatic carbocycles. The minimum absolute atomic E-state index is 0.0451. The summed E-state index contributed by atoms with van der Waals surface area (Å²) in [5, 5.41) is 4.20. The number of anilines is 2. The highest BCUT2D eigenvalue weighted by Crippen LogP contribution is 2.23. The maximum atomic E-state index is 12.5. The quantitative estimate of drug-likeness (QED) is 0.622. The highest BCUT2D eigenvalue weighted by molar-refractivity contribution is 7.18. The van der Waals surface area contributed by atoms with Crippen LogP contribution in [0.2, 0.25) is 0 Å². The van der Waals surface area contributed by atoms with Gasteiger partial charge in [0.05, 0.1) is 36.5 Å². The summed E-state index contributed by atoms with van der Waals surface area (Å²) in [5.74, 6) is 0.0451. The van der Waals surface area contributed by atoms with Crippen LogP contribution >= 0.6 is 11.3 Å². The van der Waals surface area contributed by atoms with Gasteiger partial charge in [0.25, 0.3) is 0 Å². The molecule has 2 fully saturated rings. The molecule has 2 aliphatic heterocycles. The van der Waals surface area contributed by atoms with Crippen molar-refractivity contribution in [1.29, 1.82) is 0 Å². The van der Waals surface area contributed by atoms with E-state index in [0.29, 0.717) is 6.54 Å². The number of ether oxygens (including phenoxy) is 1. The lowest BCUT2D eigenvalue weighted by atomic mass is 10.2. The third kappa shape index (κ3) is 5.27.